The van der Waals surface area contributed by atoms with Gasteiger partial charge in [0, 0.05) is 11.9 Å². The number of esters is 1. The van der Waals surface area contributed by atoms with Gasteiger partial charge in [-0.05, 0) is 38.1 Å². The highest BCUT2D eigenvalue weighted by molar-refractivity contribution is 6.32. The van der Waals surface area contributed by atoms with E-state index in [1.165, 1.54) is 19.2 Å². The number of amides is 1. The Balaban J connectivity index is 1.98. The van der Waals surface area contributed by atoms with Gasteiger partial charge in [-0.15, -0.1) is 0 Å². The Morgan fingerprint density at radius 1 is 1.23 bits per heavy atom. The molecule has 2 rings (SSSR count). The van der Waals surface area contributed by atoms with Gasteiger partial charge in [0.2, 0.25) is 0 Å². The quantitative estimate of drug-likeness (QED) is 0.694. The first kappa shape index (κ1) is 16.0. The molecule has 114 valence electrons. The second-order valence-electron chi connectivity index (χ2n) is 4.74. The summed E-state index contributed by atoms with van der Waals surface area (Å²) in [5.74, 6) is -1.11. The highest BCUT2D eigenvalue weighted by atomic mass is 35.5. The van der Waals surface area contributed by atoms with Crippen LogP contribution in [0.4, 0.5) is 5.69 Å². The average Bonchev–Trinajstić information content (AvgIpc) is 2.49. The molecule has 6 heteroatoms. The van der Waals surface area contributed by atoms with E-state index in [0.717, 1.165) is 5.56 Å². The number of aromatic nitrogens is 1. The standard InChI is InChI=1S/C16H15ClN2O3/c1-10-5-7-12(8-6-10)19-15(20)11(2)22-16(21)13-4-3-9-18-14(13)17/h3-9,11H,1-2H3,(H,19,20). The van der Waals surface area contributed by atoms with Crippen molar-refractivity contribution in [2.45, 2.75) is 20.0 Å². The molecule has 1 aromatic carbocycles. The summed E-state index contributed by atoms with van der Waals surface area (Å²) in [5, 5.41) is 2.72. The molecule has 0 spiro atoms. The molecular formula is C16H15ClN2O3. The van der Waals surface area contributed by atoms with Crippen molar-refractivity contribution in [1.82, 2.24) is 4.98 Å². The number of anilines is 1. The molecule has 1 atom stereocenters. The molecule has 0 saturated heterocycles. The van der Waals surface area contributed by atoms with Crippen molar-refractivity contribution in [1.29, 1.82) is 0 Å². The van der Waals surface area contributed by atoms with Crippen LogP contribution in [0.2, 0.25) is 5.15 Å². The highest BCUT2D eigenvalue weighted by Gasteiger charge is 2.20. The fraction of sp³-hybridized carbons (Fsp3) is 0.188. The Labute approximate surface area is 133 Å². The molecule has 0 radical (unpaired) electrons. The van der Waals surface area contributed by atoms with Gasteiger partial charge in [0.25, 0.3) is 5.91 Å². The molecule has 0 saturated carbocycles. The van der Waals surface area contributed by atoms with E-state index in [1.54, 1.807) is 18.2 Å². The lowest BCUT2D eigenvalue weighted by Crippen LogP contribution is -2.30. The molecule has 0 aliphatic carbocycles. The van der Waals surface area contributed by atoms with Gasteiger partial charge < -0.3 is 10.1 Å². The van der Waals surface area contributed by atoms with Crippen molar-refractivity contribution >= 4 is 29.2 Å². The van der Waals surface area contributed by atoms with Gasteiger partial charge in [0.15, 0.2) is 6.10 Å². The Kier molecular flexibility index (Phi) is 5.12. The van der Waals surface area contributed by atoms with Gasteiger partial charge in [-0.2, -0.15) is 0 Å². The van der Waals surface area contributed by atoms with Gasteiger partial charge in [-0.1, -0.05) is 29.3 Å². The van der Waals surface area contributed by atoms with Crippen LogP contribution >= 0.6 is 11.6 Å². The summed E-state index contributed by atoms with van der Waals surface area (Å²) in [6, 6.07) is 10.4. The van der Waals surface area contributed by atoms with Crippen LogP contribution in [0.25, 0.3) is 0 Å². The third kappa shape index (κ3) is 4.05. The maximum absolute atomic E-state index is 12.0. The van der Waals surface area contributed by atoms with Crippen molar-refractivity contribution < 1.29 is 14.3 Å². The molecule has 1 amide bonds. The molecule has 22 heavy (non-hydrogen) atoms. The molecular weight excluding hydrogens is 304 g/mol. The third-order valence-corrected chi connectivity index (χ3v) is 3.25. The number of hydrogen-bond acceptors (Lipinski definition) is 4. The number of pyridine rings is 1. The Morgan fingerprint density at radius 2 is 1.91 bits per heavy atom. The predicted octanol–water partition coefficient (Wildman–Crippen LogP) is 3.23. The molecule has 1 heterocycles. The lowest BCUT2D eigenvalue weighted by Gasteiger charge is -2.14. The summed E-state index contributed by atoms with van der Waals surface area (Å²) in [6.45, 7) is 3.44. The lowest BCUT2D eigenvalue weighted by atomic mass is 10.2. The lowest BCUT2D eigenvalue weighted by molar-refractivity contribution is -0.123. The zero-order valence-corrected chi connectivity index (χ0v) is 12.9. The monoisotopic (exact) mass is 318 g/mol. The first-order chi connectivity index (χ1) is 10.5. The Morgan fingerprint density at radius 3 is 2.55 bits per heavy atom. The zero-order chi connectivity index (χ0) is 16.1. The average molecular weight is 319 g/mol. The molecule has 0 aliphatic heterocycles. The number of nitrogens with zero attached hydrogens (tertiary/aromatic N) is 1. The minimum Gasteiger partial charge on any atom is -0.449 e. The van der Waals surface area contributed by atoms with Crippen LogP contribution in [-0.2, 0) is 9.53 Å². The molecule has 1 aromatic heterocycles. The van der Waals surface area contributed by atoms with Crippen LogP contribution in [0.1, 0.15) is 22.8 Å². The number of rotatable bonds is 4. The summed E-state index contributed by atoms with van der Waals surface area (Å²) in [5.41, 5.74) is 1.85. The molecule has 5 nitrogen and oxygen atoms in total. The first-order valence-electron chi connectivity index (χ1n) is 6.66. The number of carbonyl (C=O) groups excluding carboxylic acids is 2. The number of ether oxygens (including phenoxy) is 1. The van der Waals surface area contributed by atoms with E-state index in [0.29, 0.717) is 5.69 Å². The van der Waals surface area contributed by atoms with Crippen molar-refractivity contribution in [2.24, 2.45) is 0 Å². The van der Waals surface area contributed by atoms with Crippen molar-refractivity contribution in [3.8, 4) is 0 Å². The van der Waals surface area contributed by atoms with Gasteiger partial charge >= 0.3 is 5.97 Å². The van der Waals surface area contributed by atoms with E-state index in [9.17, 15) is 9.59 Å². The van der Waals surface area contributed by atoms with Crippen LogP contribution in [-0.4, -0.2) is 23.0 Å². The smallest absolute Gasteiger partial charge is 0.342 e. The SMILES string of the molecule is Cc1ccc(NC(=O)C(C)OC(=O)c2cccnc2Cl)cc1. The van der Waals surface area contributed by atoms with Crippen LogP contribution in [0.3, 0.4) is 0 Å². The Hall–Kier alpha value is -2.40. The van der Waals surface area contributed by atoms with E-state index < -0.39 is 18.0 Å². The molecule has 0 fully saturated rings. The highest BCUT2D eigenvalue weighted by Crippen LogP contribution is 2.14. The maximum Gasteiger partial charge on any atom is 0.342 e. The zero-order valence-electron chi connectivity index (χ0n) is 12.2. The maximum atomic E-state index is 12.0. The second kappa shape index (κ2) is 7.04. The first-order valence-corrected chi connectivity index (χ1v) is 7.04. The fourth-order valence-electron chi connectivity index (χ4n) is 1.70. The van der Waals surface area contributed by atoms with E-state index in [1.807, 2.05) is 19.1 Å². The van der Waals surface area contributed by atoms with Gasteiger partial charge in [0.05, 0.1) is 5.56 Å². The summed E-state index contributed by atoms with van der Waals surface area (Å²) < 4.78 is 5.10. The van der Waals surface area contributed by atoms with Crippen molar-refractivity contribution in [3.63, 3.8) is 0 Å². The number of halogens is 1. The van der Waals surface area contributed by atoms with E-state index in [2.05, 4.69) is 10.3 Å². The third-order valence-electron chi connectivity index (χ3n) is 2.95. The normalized spacial score (nSPS) is 11.6. The second-order valence-corrected chi connectivity index (χ2v) is 5.10. The Bertz CT molecular complexity index is 686. The van der Waals surface area contributed by atoms with Crippen LogP contribution in [0.15, 0.2) is 42.6 Å². The van der Waals surface area contributed by atoms with Gasteiger partial charge in [0.1, 0.15) is 5.15 Å². The topological polar surface area (TPSA) is 68.3 Å². The predicted molar refractivity (Wildman–Crippen MR) is 83.9 cm³/mol. The number of nitrogens with one attached hydrogen (secondary N) is 1. The largest absolute Gasteiger partial charge is 0.449 e. The minimum atomic E-state index is -0.954. The molecule has 1 N–H and O–H groups in total. The molecule has 2 aromatic rings. The van der Waals surface area contributed by atoms with E-state index >= 15 is 0 Å². The van der Waals surface area contributed by atoms with Crippen molar-refractivity contribution in [2.75, 3.05) is 5.32 Å². The van der Waals surface area contributed by atoms with Gasteiger partial charge in [-0.3, -0.25) is 4.79 Å². The summed E-state index contributed by atoms with van der Waals surface area (Å²) in [6.07, 6.45) is 0.511. The van der Waals surface area contributed by atoms with Gasteiger partial charge in [-0.25, -0.2) is 9.78 Å². The molecule has 0 aliphatic rings. The van der Waals surface area contributed by atoms with Crippen LogP contribution < -0.4 is 5.32 Å². The summed E-state index contributed by atoms with van der Waals surface area (Å²) in [4.78, 5) is 27.8. The van der Waals surface area contributed by atoms with Crippen molar-refractivity contribution in [3.05, 3.63) is 58.9 Å². The molecule has 1 unspecified atom stereocenters. The summed E-state index contributed by atoms with van der Waals surface area (Å²) in [7, 11) is 0. The van der Waals surface area contributed by atoms with Crippen LogP contribution in [0, 0.1) is 6.92 Å². The fourth-order valence-corrected chi connectivity index (χ4v) is 1.89. The molecule has 0 bridgehead atoms. The van der Waals surface area contributed by atoms with E-state index in [4.69, 9.17) is 16.3 Å². The number of aryl methyl sites for hydroxylation is 1. The number of hydrogen-bond donors (Lipinski definition) is 1. The summed E-state index contributed by atoms with van der Waals surface area (Å²) >= 11 is 5.81. The number of benzene rings is 1. The van der Waals surface area contributed by atoms with E-state index in [-0.39, 0.29) is 10.7 Å². The minimum absolute atomic E-state index is 0.0404. The van der Waals surface area contributed by atoms with Crippen LogP contribution in [0.5, 0.6) is 0 Å². The number of carbonyl (C=O) groups is 2.